The third-order valence-corrected chi connectivity index (χ3v) is 6.88. The van der Waals surface area contributed by atoms with Gasteiger partial charge in [0.15, 0.2) is 5.16 Å². The summed E-state index contributed by atoms with van der Waals surface area (Å²) in [4.78, 5) is 15.3. The number of piperidine rings is 1. The van der Waals surface area contributed by atoms with Crippen molar-refractivity contribution in [2.24, 2.45) is 0 Å². The number of aromatic nitrogens is 3. The van der Waals surface area contributed by atoms with Crippen molar-refractivity contribution >= 4 is 23.4 Å². The SMILES string of the molecule is COc1ccc(NC(=O)C(C)Sc2nnc(CN3CCCCC3)n2Cc2ccccc2)cc1. The molecule has 7 nitrogen and oxygen atoms in total. The van der Waals surface area contributed by atoms with E-state index in [2.05, 4.69) is 37.1 Å². The van der Waals surface area contributed by atoms with Crippen LogP contribution in [-0.2, 0) is 17.9 Å². The maximum atomic E-state index is 12.8. The molecule has 1 aliphatic heterocycles. The van der Waals surface area contributed by atoms with Gasteiger partial charge in [-0.3, -0.25) is 9.69 Å². The second kappa shape index (κ2) is 11.3. The largest absolute Gasteiger partial charge is 0.497 e. The van der Waals surface area contributed by atoms with Crippen LogP contribution in [0.15, 0.2) is 59.8 Å². The zero-order valence-electron chi connectivity index (χ0n) is 19.2. The Labute approximate surface area is 199 Å². The number of hydrogen-bond acceptors (Lipinski definition) is 6. The van der Waals surface area contributed by atoms with E-state index in [-0.39, 0.29) is 11.2 Å². The fraction of sp³-hybridized carbons (Fsp3) is 0.400. The highest BCUT2D eigenvalue weighted by Crippen LogP contribution is 2.26. The lowest BCUT2D eigenvalue weighted by Gasteiger charge is -2.26. The molecular formula is C25H31N5O2S. The van der Waals surface area contributed by atoms with Crippen molar-refractivity contribution < 1.29 is 9.53 Å². The molecular weight excluding hydrogens is 434 g/mol. The molecule has 1 N–H and O–H groups in total. The predicted octanol–water partition coefficient (Wildman–Crippen LogP) is 4.44. The molecule has 0 bridgehead atoms. The van der Waals surface area contributed by atoms with Gasteiger partial charge in [0.1, 0.15) is 11.6 Å². The number of benzene rings is 2. The lowest BCUT2D eigenvalue weighted by Crippen LogP contribution is -2.30. The Kier molecular flexibility index (Phi) is 8.01. The van der Waals surface area contributed by atoms with Crippen molar-refractivity contribution in [2.75, 3.05) is 25.5 Å². The second-order valence-electron chi connectivity index (χ2n) is 8.29. The number of anilines is 1. The highest BCUT2D eigenvalue weighted by molar-refractivity contribution is 8.00. The van der Waals surface area contributed by atoms with Gasteiger partial charge in [-0.25, -0.2) is 0 Å². The molecule has 1 amide bonds. The Morgan fingerprint density at radius 3 is 2.45 bits per heavy atom. The molecule has 8 heteroatoms. The van der Waals surface area contributed by atoms with Crippen LogP contribution >= 0.6 is 11.8 Å². The summed E-state index contributed by atoms with van der Waals surface area (Å²) < 4.78 is 7.34. The van der Waals surface area contributed by atoms with E-state index in [0.29, 0.717) is 6.54 Å². The molecule has 4 rings (SSSR count). The number of nitrogens with one attached hydrogen (secondary N) is 1. The minimum atomic E-state index is -0.325. The molecule has 0 spiro atoms. The summed E-state index contributed by atoms with van der Waals surface area (Å²) in [7, 11) is 1.62. The lowest BCUT2D eigenvalue weighted by atomic mass is 10.1. The first-order chi connectivity index (χ1) is 16.1. The molecule has 2 aromatic carbocycles. The maximum Gasteiger partial charge on any atom is 0.237 e. The molecule has 3 aromatic rings. The van der Waals surface area contributed by atoms with Gasteiger partial charge in [0.2, 0.25) is 5.91 Å². The highest BCUT2D eigenvalue weighted by Gasteiger charge is 2.22. The molecule has 1 saturated heterocycles. The van der Waals surface area contributed by atoms with E-state index < -0.39 is 0 Å². The summed E-state index contributed by atoms with van der Waals surface area (Å²) in [6.45, 7) is 5.57. The van der Waals surface area contributed by atoms with Crippen LogP contribution in [0.5, 0.6) is 5.75 Å². The van der Waals surface area contributed by atoms with Crippen LogP contribution in [0.3, 0.4) is 0 Å². The van der Waals surface area contributed by atoms with Crippen LogP contribution in [-0.4, -0.2) is 51.0 Å². The van der Waals surface area contributed by atoms with Crippen LogP contribution in [0.1, 0.15) is 37.6 Å². The van der Waals surface area contributed by atoms with Crippen LogP contribution in [0, 0.1) is 0 Å². The first kappa shape index (κ1) is 23.3. The Balaban J connectivity index is 1.48. The van der Waals surface area contributed by atoms with E-state index >= 15 is 0 Å². The van der Waals surface area contributed by atoms with Gasteiger partial charge in [0.05, 0.1) is 25.4 Å². The smallest absolute Gasteiger partial charge is 0.237 e. The van der Waals surface area contributed by atoms with Crippen molar-refractivity contribution in [2.45, 2.75) is 49.7 Å². The maximum absolute atomic E-state index is 12.8. The summed E-state index contributed by atoms with van der Waals surface area (Å²) in [5.41, 5.74) is 1.93. The summed E-state index contributed by atoms with van der Waals surface area (Å²) >= 11 is 1.44. The monoisotopic (exact) mass is 465 g/mol. The molecule has 174 valence electrons. The van der Waals surface area contributed by atoms with Gasteiger partial charge < -0.3 is 14.6 Å². The first-order valence-electron chi connectivity index (χ1n) is 11.4. The zero-order valence-corrected chi connectivity index (χ0v) is 20.1. The Hall–Kier alpha value is -2.84. The van der Waals surface area contributed by atoms with Crippen LogP contribution in [0.2, 0.25) is 0 Å². The van der Waals surface area contributed by atoms with Crippen molar-refractivity contribution in [3.8, 4) is 5.75 Å². The standard InChI is InChI=1S/C25H31N5O2S/c1-19(24(31)26-21-11-13-22(32-2)14-12-21)33-25-28-27-23(18-29-15-7-4-8-16-29)30(25)17-20-9-5-3-6-10-20/h3,5-6,9-14,19H,4,7-8,15-18H2,1-2H3,(H,26,31). The topological polar surface area (TPSA) is 72.3 Å². The van der Waals surface area contributed by atoms with E-state index in [9.17, 15) is 4.79 Å². The number of thioether (sulfide) groups is 1. The minimum Gasteiger partial charge on any atom is -0.497 e. The fourth-order valence-electron chi connectivity index (χ4n) is 3.90. The molecule has 2 heterocycles. The quantitative estimate of drug-likeness (QED) is 0.471. The van der Waals surface area contributed by atoms with E-state index in [4.69, 9.17) is 4.74 Å². The first-order valence-corrected chi connectivity index (χ1v) is 12.3. The number of carbonyl (C=O) groups is 1. The van der Waals surface area contributed by atoms with Gasteiger partial charge in [-0.1, -0.05) is 48.5 Å². The molecule has 0 aliphatic carbocycles. The minimum absolute atomic E-state index is 0.0722. The number of hydrogen-bond donors (Lipinski definition) is 1. The average Bonchev–Trinajstić information content (AvgIpc) is 3.21. The van der Waals surface area contributed by atoms with Crippen molar-refractivity contribution in [1.82, 2.24) is 19.7 Å². The van der Waals surface area contributed by atoms with Crippen molar-refractivity contribution in [3.63, 3.8) is 0 Å². The molecule has 1 atom stereocenters. The Morgan fingerprint density at radius 2 is 1.76 bits per heavy atom. The van der Waals surface area contributed by atoms with Crippen molar-refractivity contribution in [1.29, 1.82) is 0 Å². The van der Waals surface area contributed by atoms with Gasteiger partial charge in [0, 0.05) is 5.69 Å². The van der Waals surface area contributed by atoms with E-state index in [1.165, 1.54) is 36.6 Å². The number of amides is 1. The van der Waals surface area contributed by atoms with Gasteiger partial charge in [-0.2, -0.15) is 0 Å². The van der Waals surface area contributed by atoms with Gasteiger partial charge in [-0.05, 0) is 62.7 Å². The van der Waals surface area contributed by atoms with E-state index in [1.54, 1.807) is 7.11 Å². The number of nitrogens with zero attached hydrogens (tertiary/aromatic N) is 4. The van der Waals surface area contributed by atoms with Crippen LogP contribution < -0.4 is 10.1 Å². The van der Waals surface area contributed by atoms with E-state index in [1.807, 2.05) is 49.4 Å². The number of carbonyl (C=O) groups excluding carboxylic acids is 1. The normalized spacial score (nSPS) is 15.2. The number of rotatable bonds is 9. The second-order valence-corrected chi connectivity index (χ2v) is 9.59. The fourth-order valence-corrected chi connectivity index (χ4v) is 4.76. The molecule has 0 radical (unpaired) electrons. The molecule has 1 fully saturated rings. The van der Waals surface area contributed by atoms with Crippen LogP contribution in [0.4, 0.5) is 5.69 Å². The number of ether oxygens (including phenoxy) is 1. The van der Waals surface area contributed by atoms with Crippen molar-refractivity contribution in [3.05, 3.63) is 66.0 Å². The number of methoxy groups -OCH3 is 1. The summed E-state index contributed by atoms with van der Waals surface area (Å²) in [5, 5.41) is 12.4. The lowest BCUT2D eigenvalue weighted by molar-refractivity contribution is -0.115. The Bertz CT molecular complexity index is 1030. The number of likely N-dealkylation sites (tertiary alicyclic amines) is 1. The van der Waals surface area contributed by atoms with Crippen LogP contribution in [0.25, 0.3) is 0 Å². The van der Waals surface area contributed by atoms with Gasteiger partial charge in [-0.15, -0.1) is 10.2 Å². The zero-order chi connectivity index (χ0) is 23.0. The molecule has 1 aromatic heterocycles. The molecule has 1 unspecified atom stereocenters. The summed E-state index contributed by atoms with van der Waals surface area (Å²) in [6.07, 6.45) is 3.77. The van der Waals surface area contributed by atoms with Gasteiger partial charge >= 0.3 is 0 Å². The molecule has 33 heavy (non-hydrogen) atoms. The third-order valence-electron chi connectivity index (χ3n) is 5.80. The average molecular weight is 466 g/mol. The predicted molar refractivity (Wildman–Crippen MR) is 132 cm³/mol. The van der Waals surface area contributed by atoms with Gasteiger partial charge in [0.25, 0.3) is 0 Å². The third kappa shape index (κ3) is 6.36. The molecule has 1 aliphatic rings. The molecule has 0 saturated carbocycles. The highest BCUT2D eigenvalue weighted by atomic mass is 32.2. The Morgan fingerprint density at radius 1 is 1.03 bits per heavy atom. The summed E-state index contributed by atoms with van der Waals surface area (Å²) in [6, 6.07) is 17.7. The summed E-state index contributed by atoms with van der Waals surface area (Å²) in [5.74, 6) is 1.63. The van der Waals surface area contributed by atoms with E-state index in [0.717, 1.165) is 42.1 Å².